The van der Waals surface area contributed by atoms with Crippen LogP contribution in [-0.4, -0.2) is 37.7 Å². The predicted octanol–water partition coefficient (Wildman–Crippen LogP) is 3.38. The summed E-state index contributed by atoms with van der Waals surface area (Å²) in [6.45, 7) is 2.11. The molecule has 0 aliphatic heterocycles. The number of nitro benzene ring substituents is 1. The number of aryl methyl sites for hydroxylation is 1. The van der Waals surface area contributed by atoms with Gasteiger partial charge in [-0.25, -0.2) is 0 Å². The standard InChI is InChI=1S/C20H17N3O7/c1-10-21-20(22-30-10)14-8-15(24)19(26)17(23(27)28)16(14)18(25)12-4-6-13(7-5-12)29-9-11-2-3-11/h4-8,11,24,26H,2-3,9H2,1H3. The first kappa shape index (κ1) is 19.4. The molecule has 0 amide bonds. The van der Waals surface area contributed by atoms with Gasteiger partial charge in [0, 0.05) is 18.1 Å². The van der Waals surface area contributed by atoms with Crippen LogP contribution >= 0.6 is 0 Å². The molecule has 1 fully saturated rings. The van der Waals surface area contributed by atoms with Gasteiger partial charge in [0.05, 0.1) is 11.5 Å². The molecule has 1 heterocycles. The molecule has 2 aromatic carbocycles. The number of phenolic OH excluding ortho intramolecular Hbond substituents is 2. The van der Waals surface area contributed by atoms with Crippen molar-refractivity contribution in [2.75, 3.05) is 6.61 Å². The van der Waals surface area contributed by atoms with E-state index in [2.05, 4.69) is 10.1 Å². The number of benzene rings is 2. The second kappa shape index (κ2) is 7.47. The SMILES string of the molecule is Cc1nc(-c2cc(O)c(O)c([N+](=O)[O-])c2C(=O)c2ccc(OCC3CC3)cc2)no1. The average molecular weight is 411 g/mol. The molecule has 30 heavy (non-hydrogen) atoms. The highest BCUT2D eigenvalue weighted by Gasteiger charge is 2.34. The molecule has 0 saturated heterocycles. The lowest BCUT2D eigenvalue weighted by Gasteiger charge is -2.10. The van der Waals surface area contributed by atoms with Gasteiger partial charge in [-0.15, -0.1) is 0 Å². The van der Waals surface area contributed by atoms with Gasteiger partial charge in [-0.2, -0.15) is 4.98 Å². The third-order valence-corrected chi connectivity index (χ3v) is 4.73. The smallest absolute Gasteiger partial charge is 0.326 e. The molecule has 10 heteroatoms. The highest BCUT2D eigenvalue weighted by molar-refractivity contribution is 6.16. The van der Waals surface area contributed by atoms with E-state index in [0.29, 0.717) is 18.3 Å². The Labute approximate surface area is 169 Å². The number of rotatable bonds is 7. The van der Waals surface area contributed by atoms with Crippen molar-refractivity contribution in [3.8, 4) is 28.6 Å². The molecule has 0 radical (unpaired) electrons. The number of carbonyl (C=O) groups excluding carboxylic acids is 1. The molecular formula is C20H17N3O7. The summed E-state index contributed by atoms with van der Waals surface area (Å²) in [6.07, 6.45) is 2.28. The Hall–Kier alpha value is -3.95. The van der Waals surface area contributed by atoms with Crippen LogP contribution in [0, 0.1) is 23.0 Å². The predicted molar refractivity (Wildman–Crippen MR) is 103 cm³/mol. The summed E-state index contributed by atoms with van der Waals surface area (Å²) in [5, 5.41) is 35.3. The molecule has 1 saturated carbocycles. The van der Waals surface area contributed by atoms with Crippen molar-refractivity contribution in [1.29, 1.82) is 0 Å². The van der Waals surface area contributed by atoms with E-state index in [1.807, 2.05) is 0 Å². The van der Waals surface area contributed by atoms with Gasteiger partial charge in [0.2, 0.25) is 23.2 Å². The Morgan fingerprint density at radius 2 is 2.00 bits per heavy atom. The summed E-state index contributed by atoms with van der Waals surface area (Å²) < 4.78 is 10.5. The molecule has 0 unspecified atom stereocenters. The normalized spacial score (nSPS) is 13.2. The average Bonchev–Trinajstić information content (AvgIpc) is 3.46. The van der Waals surface area contributed by atoms with Crippen LogP contribution in [-0.2, 0) is 0 Å². The van der Waals surface area contributed by atoms with E-state index in [1.165, 1.54) is 19.1 Å². The van der Waals surface area contributed by atoms with E-state index in [4.69, 9.17) is 9.26 Å². The molecule has 0 atom stereocenters. The summed E-state index contributed by atoms with van der Waals surface area (Å²) >= 11 is 0. The van der Waals surface area contributed by atoms with Crippen LogP contribution < -0.4 is 4.74 Å². The van der Waals surface area contributed by atoms with Gasteiger partial charge < -0.3 is 19.5 Å². The number of aromatic nitrogens is 2. The molecular weight excluding hydrogens is 394 g/mol. The maximum absolute atomic E-state index is 13.2. The number of ether oxygens (including phenoxy) is 1. The van der Waals surface area contributed by atoms with Gasteiger partial charge in [0.15, 0.2) is 5.75 Å². The minimum Gasteiger partial charge on any atom is -0.504 e. The minimum atomic E-state index is -1.02. The highest BCUT2D eigenvalue weighted by atomic mass is 16.6. The molecule has 1 aromatic heterocycles. The third-order valence-electron chi connectivity index (χ3n) is 4.73. The van der Waals surface area contributed by atoms with Crippen LogP contribution in [0.1, 0.15) is 34.7 Å². The maximum atomic E-state index is 13.2. The number of aromatic hydroxyl groups is 2. The lowest BCUT2D eigenvalue weighted by atomic mass is 9.95. The fourth-order valence-electron chi connectivity index (χ4n) is 2.98. The lowest BCUT2D eigenvalue weighted by Crippen LogP contribution is -2.09. The van der Waals surface area contributed by atoms with Crippen LogP contribution in [0.15, 0.2) is 34.9 Å². The summed E-state index contributed by atoms with van der Waals surface area (Å²) in [7, 11) is 0. The number of ketones is 1. The first-order chi connectivity index (χ1) is 14.3. The number of nitrogens with zero attached hydrogens (tertiary/aromatic N) is 3. The van der Waals surface area contributed by atoms with Gasteiger partial charge in [-0.1, -0.05) is 5.16 Å². The Bertz CT molecular complexity index is 1130. The van der Waals surface area contributed by atoms with E-state index in [0.717, 1.165) is 18.9 Å². The fraction of sp³-hybridized carbons (Fsp3) is 0.250. The zero-order valence-electron chi connectivity index (χ0n) is 15.9. The Morgan fingerprint density at radius 1 is 1.30 bits per heavy atom. The molecule has 1 aliphatic carbocycles. The molecule has 0 spiro atoms. The molecule has 1 aliphatic rings. The molecule has 4 rings (SSSR count). The number of carbonyl (C=O) groups is 1. The number of hydrogen-bond acceptors (Lipinski definition) is 9. The van der Waals surface area contributed by atoms with Gasteiger partial charge in [0.1, 0.15) is 11.3 Å². The van der Waals surface area contributed by atoms with E-state index in [1.54, 1.807) is 12.1 Å². The monoisotopic (exact) mass is 411 g/mol. The van der Waals surface area contributed by atoms with Crippen LogP contribution in [0.25, 0.3) is 11.4 Å². The van der Waals surface area contributed by atoms with Crippen molar-refractivity contribution in [3.63, 3.8) is 0 Å². The number of hydrogen-bond donors (Lipinski definition) is 2. The van der Waals surface area contributed by atoms with E-state index in [-0.39, 0.29) is 22.8 Å². The lowest BCUT2D eigenvalue weighted by molar-refractivity contribution is -0.386. The Balaban J connectivity index is 1.78. The Kier molecular flexibility index (Phi) is 4.82. The maximum Gasteiger partial charge on any atom is 0.326 e. The van der Waals surface area contributed by atoms with Gasteiger partial charge in [0.25, 0.3) is 0 Å². The Morgan fingerprint density at radius 3 is 2.57 bits per heavy atom. The van der Waals surface area contributed by atoms with Crippen molar-refractivity contribution < 1.29 is 29.2 Å². The van der Waals surface area contributed by atoms with Crippen LogP contribution in [0.3, 0.4) is 0 Å². The minimum absolute atomic E-state index is 0.126. The van der Waals surface area contributed by atoms with E-state index in [9.17, 15) is 25.1 Å². The zero-order valence-corrected chi connectivity index (χ0v) is 15.9. The summed E-state index contributed by atoms with van der Waals surface area (Å²) in [6, 6.07) is 7.14. The van der Waals surface area contributed by atoms with Crippen molar-refractivity contribution in [2.45, 2.75) is 19.8 Å². The summed E-state index contributed by atoms with van der Waals surface area (Å²) in [5.41, 5.74) is -1.40. The number of nitro groups is 1. The summed E-state index contributed by atoms with van der Waals surface area (Å²) in [5.74, 6) is -1.36. The second-order valence-corrected chi connectivity index (χ2v) is 7.02. The second-order valence-electron chi connectivity index (χ2n) is 7.02. The fourth-order valence-corrected chi connectivity index (χ4v) is 2.98. The van der Waals surface area contributed by atoms with Crippen LogP contribution in [0.5, 0.6) is 17.2 Å². The topological polar surface area (TPSA) is 149 Å². The van der Waals surface area contributed by atoms with E-state index >= 15 is 0 Å². The number of phenols is 2. The highest BCUT2D eigenvalue weighted by Crippen LogP contribution is 2.44. The van der Waals surface area contributed by atoms with Crippen LogP contribution in [0.4, 0.5) is 5.69 Å². The van der Waals surface area contributed by atoms with Crippen molar-refractivity contribution in [2.24, 2.45) is 5.92 Å². The van der Waals surface area contributed by atoms with Gasteiger partial charge in [-0.3, -0.25) is 14.9 Å². The first-order valence-electron chi connectivity index (χ1n) is 9.16. The summed E-state index contributed by atoms with van der Waals surface area (Å²) in [4.78, 5) is 27.9. The molecule has 3 aromatic rings. The van der Waals surface area contributed by atoms with Crippen molar-refractivity contribution in [1.82, 2.24) is 10.1 Å². The third kappa shape index (κ3) is 3.66. The van der Waals surface area contributed by atoms with Crippen LogP contribution in [0.2, 0.25) is 0 Å². The van der Waals surface area contributed by atoms with Crippen molar-refractivity contribution >= 4 is 11.5 Å². The quantitative estimate of drug-likeness (QED) is 0.258. The molecule has 10 nitrogen and oxygen atoms in total. The van der Waals surface area contributed by atoms with Crippen molar-refractivity contribution in [3.05, 3.63) is 57.5 Å². The first-order valence-corrected chi connectivity index (χ1v) is 9.16. The molecule has 0 bridgehead atoms. The molecule has 154 valence electrons. The van der Waals surface area contributed by atoms with Gasteiger partial charge in [-0.05, 0) is 49.1 Å². The van der Waals surface area contributed by atoms with E-state index < -0.39 is 33.5 Å². The largest absolute Gasteiger partial charge is 0.504 e. The van der Waals surface area contributed by atoms with Gasteiger partial charge >= 0.3 is 5.69 Å². The molecule has 2 N–H and O–H groups in total. The zero-order chi connectivity index (χ0) is 21.4.